The van der Waals surface area contributed by atoms with Crippen LogP contribution in [-0.2, 0) is 4.74 Å². The van der Waals surface area contributed by atoms with Crippen molar-refractivity contribution in [2.45, 2.75) is 12.5 Å². The van der Waals surface area contributed by atoms with Gasteiger partial charge in [0.05, 0.1) is 19.8 Å². The monoisotopic (exact) mass is 200 g/mol. The fraction of sp³-hybridized carbons (Fsp3) is 1.00. The highest BCUT2D eigenvalue weighted by Crippen LogP contribution is 2.23. The molecule has 2 heterocycles. The van der Waals surface area contributed by atoms with Crippen LogP contribution in [0.2, 0.25) is 0 Å². The molecule has 0 aliphatic carbocycles. The van der Waals surface area contributed by atoms with Crippen molar-refractivity contribution in [1.29, 1.82) is 0 Å². The van der Waals surface area contributed by atoms with Crippen molar-refractivity contribution in [1.82, 2.24) is 10.2 Å². The first-order valence-electron chi connectivity index (χ1n) is 5.54. The fourth-order valence-corrected chi connectivity index (χ4v) is 2.48. The van der Waals surface area contributed by atoms with E-state index in [0.29, 0.717) is 6.61 Å². The minimum absolute atomic E-state index is 0.132. The number of hydrogen-bond donors (Lipinski definition) is 2. The third-order valence-corrected chi connectivity index (χ3v) is 3.23. The predicted octanol–water partition coefficient (Wildman–Crippen LogP) is -0.711. The molecule has 4 nitrogen and oxygen atoms in total. The second-order valence-electron chi connectivity index (χ2n) is 4.20. The molecule has 2 atom stereocenters. The molecule has 0 spiro atoms. The number of likely N-dealkylation sites (tertiary alicyclic amines) is 1. The van der Waals surface area contributed by atoms with Crippen LogP contribution in [0.1, 0.15) is 6.42 Å². The SMILES string of the molecule is OCCOCCN1C[C@@H]2CCN[C@@H]2C1. The van der Waals surface area contributed by atoms with Crippen LogP contribution >= 0.6 is 0 Å². The Bertz CT molecular complexity index is 166. The second kappa shape index (κ2) is 5.07. The van der Waals surface area contributed by atoms with Crippen LogP contribution in [0.25, 0.3) is 0 Å². The summed E-state index contributed by atoms with van der Waals surface area (Å²) in [6.45, 7) is 5.96. The molecule has 2 fully saturated rings. The summed E-state index contributed by atoms with van der Waals surface area (Å²) in [5.41, 5.74) is 0. The quantitative estimate of drug-likeness (QED) is 0.575. The van der Waals surface area contributed by atoms with E-state index >= 15 is 0 Å². The van der Waals surface area contributed by atoms with E-state index in [0.717, 1.165) is 25.1 Å². The topological polar surface area (TPSA) is 44.7 Å². The molecule has 0 aromatic carbocycles. The highest BCUT2D eigenvalue weighted by molar-refractivity contribution is 4.93. The van der Waals surface area contributed by atoms with E-state index in [1.165, 1.54) is 26.1 Å². The van der Waals surface area contributed by atoms with Crippen LogP contribution in [0.15, 0.2) is 0 Å². The van der Waals surface area contributed by atoms with Gasteiger partial charge in [-0.3, -0.25) is 4.90 Å². The molecule has 2 rings (SSSR count). The fourth-order valence-electron chi connectivity index (χ4n) is 2.48. The van der Waals surface area contributed by atoms with Crippen molar-refractivity contribution >= 4 is 0 Å². The highest BCUT2D eigenvalue weighted by atomic mass is 16.5. The summed E-state index contributed by atoms with van der Waals surface area (Å²) < 4.78 is 5.25. The molecular weight excluding hydrogens is 180 g/mol. The molecule has 0 aromatic rings. The van der Waals surface area contributed by atoms with Crippen molar-refractivity contribution in [3.05, 3.63) is 0 Å². The minimum Gasteiger partial charge on any atom is -0.394 e. The van der Waals surface area contributed by atoms with Crippen molar-refractivity contribution in [3.8, 4) is 0 Å². The lowest BCUT2D eigenvalue weighted by molar-refractivity contribution is 0.0769. The van der Waals surface area contributed by atoms with Gasteiger partial charge in [0.25, 0.3) is 0 Å². The molecule has 0 radical (unpaired) electrons. The van der Waals surface area contributed by atoms with Crippen LogP contribution in [0.4, 0.5) is 0 Å². The summed E-state index contributed by atoms with van der Waals surface area (Å²) in [4.78, 5) is 2.46. The van der Waals surface area contributed by atoms with E-state index in [1.807, 2.05) is 0 Å². The van der Waals surface area contributed by atoms with Gasteiger partial charge in [0.15, 0.2) is 0 Å². The van der Waals surface area contributed by atoms with Crippen molar-refractivity contribution < 1.29 is 9.84 Å². The summed E-state index contributed by atoms with van der Waals surface area (Å²) in [6, 6.07) is 0.729. The number of nitrogens with one attached hydrogen (secondary N) is 1. The Balaban J connectivity index is 1.60. The van der Waals surface area contributed by atoms with Gasteiger partial charge in [0.1, 0.15) is 0 Å². The first-order chi connectivity index (χ1) is 6.90. The van der Waals surface area contributed by atoms with Crippen LogP contribution in [0.3, 0.4) is 0 Å². The van der Waals surface area contributed by atoms with Crippen molar-refractivity contribution in [2.75, 3.05) is 46.0 Å². The zero-order valence-corrected chi connectivity index (χ0v) is 8.61. The Morgan fingerprint density at radius 3 is 3.07 bits per heavy atom. The van der Waals surface area contributed by atoms with Crippen LogP contribution in [0.5, 0.6) is 0 Å². The number of nitrogens with zero attached hydrogens (tertiary/aromatic N) is 1. The normalized spacial score (nSPS) is 32.4. The number of ether oxygens (including phenoxy) is 1. The summed E-state index contributed by atoms with van der Waals surface area (Å²) in [5, 5.41) is 12.1. The number of aliphatic hydroxyl groups excluding tert-OH is 1. The summed E-state index contributed by atoms with van der Waals surface area (Å²) in [5.74, 6) is 0.868. The molecule has 0 unspecified atom stereocenters. The van der Waals surface area contributed by atoms with Gasteiger partial charge >= 0.3 is 0 Å². The molecule has 2 N–H and O–H groups in total. The van der Waals surface area contributed by atoms with E-state index in [9.17, 15) is 0 Å². The maximum Gasteiger partial charge on any atom is 0.0698 e. The Morgan fingerprint density at radius 2 is 2.29 bits per heavy atom. The van der Waals surface area contributed by atoms with Crippen molar-refractivity contribution in [3.63, 3.8) is 0 Å². The number of hydrogen-bond acceptors (Lipinski definition) is 4. The molecule has 4 heteroatoms. The smallest absolute Gasteiger partial charge is 0.0698 e. The zero-order valence-electron chi connectivity index (χ0n) is 8.61. The maximum absolute atomic E-state index is 8.54. The molecule has 0 saturated carbocycles. The Kier molecular flexibility index (Phi) is 3.75. The summed E-state index contributed by atoms with van der Waals surface area (Å²) in [7, 11) is 0. The van der Waals surface area contributed by atoms with Crippen LogP contribution < -0.4 is 5.32 Å². The second-order valence-corrected chi connectivity index (χ2v) is 4.20. The molecule has 0 aromatic heterocycles. The zero-order chi connectivity index (χ0) is 9.80. The molecule has 2 saturated heterocycles. The average molecular weight is 200 g/mol. The lowest BCUT2D eigenvalue weighted by atomic mass is 10.1. The average Bonchev–Trinajstić information content (AvgIpc) is 2.72. The molecule has 2 aliphatic rings. The number of fused-ring (bicyclic) bond motifs is 1. The van der Waals surface area contributed by atoms with Gasteiger partial charge in [-0.25, -0.2) is 0 Å². The van der Waals surface area contributed by atoms with Gasteiger partial charge < -0.3 is 15.2 Å². The molecule has 14 heavy (non-hydrogen) atoms. The van der Waals surface area contributed by atoms with Gasteiger partial charge in [-0.1, -0.05) is 0 Å². The maximum atomic E-state index is 8.54. The number of aliphatic hydroxyl groups is 1. The Morgan fingerprint density at radius 1 is 1.36 bits per heavy atom. The standard InChI is InChI=1S/C10H20N2O2/c13-4-6-14-5-3-12-7-9-1-2-11-10(9)8-12/h9-11,13H,1-8H2/t9-,10+/m0/s1. The Hall–Kier alpha value is -0.160. The third kappa shape index (κ3) is 2.45. The molecule has 2 aliphatic heterocycles. The Labute approximate surface area is 85.2 Å². The summed E-state index contributed by atoms with van der Waals surface area (Å²) in [6.07, 6.45) is 1.33. The van der Waals surface area contributed by atoms with E-state index in [-0.39, 0.29) is 6.61 Å². The van der Waals surface area contributed by atoms with E-state index < -0.39 is 0 Å². The van der Waals surface area contributed by atoms with Gasteiger partial charge in [-0.05, 0) is 18.9 Å². The summed E-state index contributed by atoms with van der Waals surface area (Å²) >= 11 is 0. The molecular formula is C10H20N2O2. The van der Waals surface area contributed by atoms with E-state index in [2.05, 4.69) is 10.2 Å². The molecule has 82 valence electrons. The van der Waals surface area contributed by atoms with E-state index in [4.69, 9.17) is 9.84 Å². The predicted molar refractivity (Wildman–Crippen MR) is 54.2 cm³/mol. The molecule has 0 amide bonds. The van der Waals surface area contributed by atoms with Gasteiger partial charge in [0.2, 0.25) is 0 Å². The molecule has 0 bridgehead atoms. The van der Waals surface area contributed by atoms with E-state index in [1.54, 1.807) is 0 Å². The lowest BCUT2D eigenvalue weighted by Crippen LogP contribution is -2.32. The first kappa shape index (κ1) is 10.4. The lowest BCUT2D eigenvalue weighted by Gasteiger charge is -2.16. The minimum atomic E-state index is 0.132. The van der Waals surface area contributed by atoms with Crippen molar-refractivity contribution in [2.24, 2.45) is 5.92 Å². The number of rotatable bonds is 5. The van der Waals surface area contributed by atoms with Gasteiger partial charge in [-0.2, -0.15) is 0 Å². The van der Waals surface area contributed by atoms with Crippen LogP contribution in [0, 0.1) is 5.92 Å². The van der Waals surface area contributed by atoms with Gasteiger partial charge in [-0.15, -0.1) is 0 Å². The third-order valence-electron chi connectivity index (χ3n) is 3.23. The highest BCUT2D eigenvalue weighted by Gasteiger charge is 2.35. The van der Waals surface area contributed by atoms with Gasteiger partial charge in [0, 0.05) is 25.7 Å². The largest absolute Gasteiger partial charge is 0.394 e. The van der Waals surface area contributed by atoms with Crippen LogP contribution in [-0.4, -0.2) is 62.0 Å². The first-order valence-corrected chi connectivity index (χ1v) is 5.54.